The van der Waals surface area contributed by atoms with E-state index in [-0.39, 0.29) is 44.2 Å². The van der Waals surface area contributed by atoms with E-state index in [4.69, 9.17) is 6.85 Å². The Morgan fingerprint density at radius 2 is 0.698 bits per heavy atom. The molecule has 0 fully saturated rings. The summed E-state index contributed by atoms with van der Waals surface area (Å²) in [5, 5.41) is 11.1. The fraction of sp³-hybridized carbons (Fsp3) is 0. The standard InChI is InChI=1S/C52H32Se/c1-3-15-33(16-4-1)49-38-19-7-11-23-42(38)51(43-24-12-8-20-39(43)49)35-28-30-47-46(31-35)37-29-27-36(32-48(37)53-47)52-44-25-13-9-21-40(44)50(34-17-5-2-6-18-34)41-22-10-14-26-45(41)52/h1-32H/i1D,3D,4D,15D,16D. The predicted octanol–water partition coefficient (Wildman–Crippen LogP) is 14.3. The van der Waals surface area contributed by atoms with Crippen LogP contribution in [0.15, 0.2) is 194 Å². The first-order valence-electron chi connectivity index (χ1n) is 20.4. The molecule has 0 nitrogen and oxygen atoms in total. The Morgan fingerprint density at radius 3 is 1.21 bits per heavy atom. The van der Waals surface area contributed by atoms with Crippen LogP contribution < -0.4 is 0 Å². The molecule has 53 heavy (non-hydrogen) atoms. The first-order valence-corrected chi connectivity index (χ1v) is 19.6. The van der Waals surface area contributed by atoms with Crippen LogP contribution in [0, 0.1) is 0 Å². The van der Waals surface area contributed by atoms with Gasteiger partial charge in [0.2, 0.25) is 0 Å². The van der Waals surface area contributed by atoms with Crippen LogP contribution in [-0.4, -0.2) is 14.5 Å². The van der Waals surface area contributed by atoms with Gasteiger partial charge in [-0.2, -0.15) is 0 Å². The first-order chi connectivity index (χ1) is 28.4. The van der Waals surface area contributed by atoms with E-state index in [1.165, 1.54) is 63.1 Å². The van der Waals surface area contributed by atoms with Crippen molar-refractivity contribution in [3.05, 3.63) is 194 Å². The van der Waals surface area contributed by atoms with Crippen LogP contribution >= 0.6 is 0 Å². The molecule has 10 aromatic carbocycles. The van der Waals surface area contributed by atoms with Crippen molar-refractivity contribution in [1.29, 1.82) is 0 Å². The molecule has 0 saturated carbocycles. The van der Waals surface area contributed by atoms with Crippen molar-refractivity contribution in [3.8, 4) is 44.5 Å². The molecule has 0 spiro atoms. The molecule has 0 N–H and O–H groups in total. The molecule has 11 aromatic rings. The Bertz CT molecular complexity index is 3370. The molecule has 0 aliphatic carbocycles. The molecule has 0 aliphatic rings. The van der Waals surface area contributed by atoms with Gasteiger partial charge < -0.3 is 0 Å². The topological polar surface area (TPSA) is 0 Å². The Kier molecular flexibility index (Phi) is 5.90. The fourth-order valence-electron chi connectivity index (χ4n) is 8.53. The summed E-state index contributed by atoms with van der Waals surface area (Å²) in [5.41, 5.74) is 8.00. The minimum absolute atomic E-state index is 0.115. The SMILES string of the molecule is [2H]c1c([2H])c([2H])c(-c2c3ccccc3c(-c3ccc4[se]c5cc(-c6c7ccccc7c(-c7ccccc7)c7ccccc67)ccc5c4c3)c3ccccc23)c([2H])c1[2H]. The molecule has 0 aliphatic heterocycles. The summed E-state index contributed by atoms with van der Waals surface area (Å²) < 4.78 is 45.7. The van der Waals surface area contributed by atoms with Crippen molar-refractivity contribution in [2.45, 2.75) is 0 Å². The number of hydrogen-bond acceptors (Lipinski definition) is 0. The Morgan fingerprint density at radius 1 is 0.283 bits per heavy atom. The molecule has 0 unspecified atom stereocenters. The van der Waals surface area contributed by atoms with Crippen LogP contribution in [0.3, 0.4) is 0 Å². The van der Waals surface area contributed by atoms with E-state index in [1.54, 1.807) is 0 Å². The van der Waals surface area contributed by atoms with E-state index in [2.05, 4.69) is 127 Å². The fourth-order valence-corrected chi connectivity index (χ4v) is 10.9. The zero-order valence-corrected chi connectivity index (χ0v) is 30.2. The van der Waals surface area contributed by atoms with Gasteiger partial charge in [0.25, 0.3) is 0 Å². The van der Waals surface area contributed by atoms with Crippen molar-refractivity contribution < 1.29 is 6.85 Å². The summed E-state index contributed by atoms with van der Waals surface area (Å²) in [6.45, 7) is 0. The van der Waals surface area contributed by atoms with Crippen molar-refractivity contribution in [2.24, 2.45) is 0 Å². The molecule has 0 radical (unpaired) electrons. The van der Waals surface area contributed by atoms with E-state index >= 15 is 0 Å². The summed E-state index contributed by atoms with van der Waals surface area (Å²) in [4.78, 5) is 0. The second-order valence-electron chi connectivity index (χ2n) is 13.6. The number of fused-ring (bicyclic) bond motifs is 7. The molecule has 0 atom stereocenters. The molecule has 1 heterocycles. The van der Waals surface area contributed by atoms with Gasteiger partial charge in [-0.15, -0.1) is 0 Å². The second kappa shape index (κ2) is 12.2. The van der Waals surface area contributed by atoms with Gasteiger partial charge in [-0.25, -0.2) is 0 Å². The molecule has 1 aromatic heterocycles. The second-order valence-corrected chi connectivity index (χ2v) is 15.8. The average Bonchev–Trinajstić information content (AvgIpc) is 3.64. The van der Waals surface area contributed by atoms with Gasteiger partial charge >= 0.3 is 321 Å². The van der Waals surface area contributed by atoms with Gasteiger partial charge in [0.15, 0.2) is 0 Å². The maximum atomic E-state index is 8.92. The van der Waals surface area contributed by atoms with Crippen molar-refractivity contribution >= 4 is 76.9 Å². The molecule has 246 valence electrons. The van der Waals surface area contributed by atoms with Crippen molar-refractivity contribution in [2.75, 3.05) is 0 Å². The van der Waals surface area contributed by atoms with Crippen LogP contribution in [0.5, 0.6) is 0 Å². The molecular formula is C52H32Se. The third-order valence-electron chi connectivity index (χ3n) is 10.7. The monoisotopic (exact) mass is 741 g/mol. The third-order valence-corrected chi connectivity index (χ3v) is 13.1. The van der Waals surface area contributed by atoms with E-state index < -0.39 is 6.04 Å². The van der Waals surface area contributed by atoms with Gasteiger partial charge in [0.1, 0.15) is 0 Å². The minimum atomic E-state index is -0.390. The van der Waals surface area contributed by atoms with Crippen LogP contribution in [0.25, 0.3) is 107 Å². The zero-order chi connectivity index (χ0) is 39.2. The van der Waals surface area contributed by atoms with Crippen molar-refractivity contribution in [1.82, 2.24) is 0 Å². The molecule has 0 saturated heterocycles. The summed E-state index contributed by atoms with van der Waals surface area (Å²) in [6, 6.07) is 56.9. The Hall–Kier alpha value is -6.24. The van der Waals surface area contributed by atoms with E-state index in [0.717, 1.165) is 32.7 Å². The average molecular weight is 741 g/mol. The number of rotatable bonds is 4. The molecule has 0 bridgehead atoms. The molecule has 1 heteroatoms. The van der Waals surface area contributed by atoms with E-state index in [0.29, 0.717) is 5.56 Å². The predicted molar refractivity (Wildman–Crippen MR) is 230 cm³/mol. The number of benzene rings is 10. The van der Waals surface area contributed by atoms with Gasteiger partial charge in [-0.1, -0.05) is 0 Å². The van der Waals surface area contributed by atoms with Crippen LogP contribution in [0.2, 0.25) is 0 Å². The normalized spacial score (nSPS) is 13.1. The Labute approximate surface area is 321 Å². The van der Waals surface area contributed by atoms with E-state index in [1.807, 2.05) is 36.4 Å². The van der Waals surface area contributed by atoms with Crippen LogP contribution in [0.1, 0.15) is 6.85 Å². The molecular weight excluding hydrogens is 704 g/mol. The van der Waals surface area contributed by atoms with Crippen molar-refractivity contribution in [3.63, 3.8) is 0 Å². The Balaban J connectivity index is 1.13. The van der Waals surface area contributed by atoms with E-state index in [9.17, 15) is 0 Å². The van der Waals surface area contributed by atoms with Gasteiger partial charge in [0, 0.05) is 0 Å². The van der Waals surface area contributed by atoms with Gasteiger partial charge in [-0.05, 0) is 0 Å². The van der Waals surface area contributed by atoms with Crippen LogP contribution in [-0.2, 0) is 0 Å². The quantitative estimate of drug-likeness (QED) is 0.124. The summed E-state index contributed by atoms with van der Waals surface area (Å²) >= 11 is 0.115. The zero-order valence-electron chi connectivity index (χ0n) is 33.5. The summed E-state index contributed by atoms with van der Waals surface area (Å²) in [6.07, 6.45) is 0. The molecule has 11 rings (SSSR count). The van der Waals surface area contributed by atoms with Gasteiger partial charge in [-0.3, -0.25) is 0 Å². The third kappa shape index (κ3) is 4.75. The van der Waals surface area contributed by atoms with Gasteiger partial charge in [0.05, 0.1) is 1.37 Å². The first kappa shape index (κ1) is 25.7. The number of hydrogen-bond donors (Lipinski definition) is 0. The summed E-state index contributed by atoms with van der Waals surface area (Å²) in [5.74, 6) is 0. The van der Waals surface area contributed by atoms with Crippen LogP contribution in [0.4, 0.5) is 0 Å². The maximum absolute atomic E-state index is 8.92. The molecule has 0 amide bonds. The summed E-state index contributed by atoms with van der Waals surface area (Å²) in [7, 11) is 0.